The largest absolute Gasteiger partial charge is 0.444 e. The average Bonchev–Trinajstić information content (AvgIpc) is 2.72. The second-order valence-corrected chi connectivity index (χ2v) is 7.71. The van der Waals surface area contributed by atoms with Crippen LogP contribution < -0.4 is 16.0 Å². The maximum absolute atomic E-state index is 14.9. The highest BCUT2D eigenvalue weighted by atomic mass is 19.1. The van der Waals surface area contributed by atoms with E-state index in [9.17, 15) is 9.18 Å². The quantitative estimate of drug-likeness (QED) is 0.234. The molecule has 0 atom stereocenters. The van der Waals surface area contributed by atoms with E-state index in [4.69, 9.17) is 20.7 Å². The standard InChI is InChI=1S/C21H25FN8O3/c22-18-14(13-32-21(31)27-19(23)24)3-1-4-17(18)15-9-25-20(26-10-15)30-11-16(12-30)28-33-8-7-29-5-2-6-29/h1,3-4,9-10H,2,5-8,11-13H2,(H4,23,24,27,31). The van der Waals surface area contributed by atoms with E-state index in [1.807, 2.05) is 10.2 Å². The van der Waals surface area contributed by atoms with Crippen molar-refractivity contribution in [1.82, 2.24) is 20.2 Å². The molecule has 0 bridgehead atoms. The Labute approximate surface area is 189 Å². The molecule has 0 radical (unpaired) electrons. The third kappa shape index (κ3) is 5.71. The Morgan fingerprint density at radius 2 is 2.03 bits per heavy atom. The Balaban J connectivity index is 1.30. The monoisotopic (exact) mass is 456 g/mol. The lowest BCUT2D eigenvalue weighted by Crippen LogP contribution is -2.48. The zero-order valence-corrected chi connectivity index (χ0v) is 18.0. The summed E-state index contributed by atoms with van der Waals surface area (Å²) in [4.78, 5) is 29.8. The van der Waals surface area contributed by atoms with Crippen molar-refractivity contribution in [1.29, 1.82) is 5.41 Å². The lowest BCUT2D eigenvalue weighted by atomic mass is 10.1. The number of hydrogen-bond acceptors (Lipinski definition) is 9. The summed E-state index contributed by atoms with van der Waals surface area (Å²) < 4.78 is 19.8. The molecule has 2 aliphatic rings. The van der Waals surface area contributed by atoms with Gasteiger partial charge in [-0.1, -0.05) is 23.4 Å². The number of hydrogen-bond donors (Lipinski definition) is 3. The van der Waals surface area contributed by atoms with Crippen LogP contribution in [0.25, 0.3) is 11.1 Å². The van der Waals surface area contributed by atoms with Crippen LogP contribution in [-0.2, 0) is 16.2 Å². The van der Waals surface area contributed by atoms with E-state index in [1.54, 1.807) is 24.5 Å². The summed E-state index contributed by atoms with van der Waals surface area (Å²) in [6.45, 7) is 4.64. The van der Waals surface area contributed by atoms with Crippen molar-refractivity contribution in [3.63, 3.8) is 0 Å². The first-order valence-electron chi connectivity index (χ1n) is 10.5. The van der Waals surface area contributed by atoms with Crippen LogP contribution in [-0.4, -0.2) is 72.0 Å². The minimum atomic E-state index is -0.931. The van der Waals surface area contributed by atoms with Crippen LogP contribution >= 0.6 is 0 Å². The van der Waals surface area contributed by atoms with Crippen molar-refractivity contribution >= 4 is 23.7 Å². The van der Waals surface area contributed by atoms with E-state index in [2.05, 4.69) is 20.0 Å². The molecule has 0 saturated carbocycles. The predicted molar refractivity (Wildman–Crippen MR) is 119 cm³/mol. The molecular formula is C21H25FN8O3. The molecule has 12 heteroatoms. The summed E-state index contributed by atoms with van der Waals surface area (Å²) in [5.74, 6) is -0.570. The number of carbonyl (C=O) groups excluding carboxylic acids is 1. The molecule has 2 saturated heterocycles. The fourth-order valence-corrected chi connectivity index (χ4v) is 3.33. The molecule has 11 nitrogen and oxygen atoms in total. The minimum Gasteiger partial charge on any atom is -0.444 e. The third-order valence-electron chi connectivity index (χ3n) is 5.29. The second-order valence-electron chi connectivity index (χ2n) is 7.71. The Morgan fingerprint density at radius 3 is 2.70 bits per heavy atom. The molecule has 0 unspecified atom stereocenters. The highest BCUT2D eigenvalue weighted by Gasteiger charge is 2.25. The van der Waals surface area contributed by atoms with E-state index in [-0.39, 0.29) is 17.7 Å². The first-order chi connectivity index (χ1) is 16.0. The molecule has 4 rings (SSSR count). The number of rotatable bonds is 8. The first kappa shape index (κ1) is 22.4. The van der Waals surface area contributed by atoms with Crippen molar-refractivity contribution in [3.05, 3.63) is 42.0 Å². The van der Waals surface area contributed by atoms with Gasteiger partial charge in [-0.2, -0.15) is 0 Å². The van der Waals surface area contributed by atoms with E-state index in [0.29, 0.717) is 31.2 Å². The van der Waals surface area contributed by atoms with E-state index in [1.165, 1.54) is 12.5 Å². The molecule has 0 spiro atoms. The number of guanidine groups is 1. The number of amides is 1. The normalized spacial score (nSPS) is 15.3. The first-order valence-corrected chi connectivity index (χ1v) is 10.5. The van der Waals surface area contributed by atoms with Crippen LogP contribution in [0.5, 0.6) is 0 Å². The fraction of sp³-hybridized carbons (Fsp3) is 0.381. The lowest BCUT2D eigenvalue weighted by Gasteiger charge is -2.32. The summed E-state index contributed by atoms with van der Waals surface area (Å²) in [6.07, 6.45) is 3.42. The zero-order valence-electron chi connectivity index (χ0n) is 18.0. The van der Waals surface area contributed by atoms with Crippen LogP contribution in [0.3, 0.4) is 0 Å². The molecule has 0 aliphatic carbocycles. The Bertz CT molecular complexity index is 1030. The van der Waals surface area contributed by atoms with Crippen molar-refractivity contribution in [2.24, 2.45) is 10.9 Å². The molecule has 2 aromatic rings. The molecular weight excluding hydrogens is 431 g/mol. The number of oxime groups is 1. The highest BCUT2D eigenvalue weighted by Crippen LogP contribution is 2.26. The molecule has 2 aliphatic heterocycles. The van der Waals surface area contributed by atoms with Crippen LogP contribution in [0, 0.1) is 11.2 Å². The number of nitrogens with zero attached hydrogens (tertiary/aromatic N) is 5. The summed E-state index contributed by atoms with van der Waals surface area (Å²) in [5, 5.41) is 13.1. The Kier molecular flexibility index (Phi) is 6.93. The van der Waals surface area contributed by atoms with Gasteiger partial charge in [-0.15, -0.1) is 0 Å². The number of aromatic nitrogens is 2. The average molecular weight is 456 g/mol. The van der Waals surface area contributed by atoms with Gasteiger partial charge in [0.1, 0.15) is 19.0 Å². The number of ether oxygens (including phenoxy) is 1. The second kappa shape index (κ2) is 10.2. The number of anilines is 1. The zero-order chi connectivity index (χ0) is 23.2. The van der Waals surface area contributed by atoms with Crippen molar-refractivity contribution in [2.75, 3.05) is 44.2 Å². The summed E-state index contributed by atoms with van der Waals surface area (Å²) in [5.41, 5.74) is 6.94. The number of likely N-dealkylation sites (tertiary alicyclic amines) is 1. The van der Waals surface area contributed by atoms with Gasteiger partial charge in [0.2, 0.25) is 5.95 Å². The summed E-state index contributed by atoms with van der Waals surface area (Å²) in [6, 6.07) is 4.74. The van der Waals surface area contributed by atoms with Crippen molar-refractivity contribution < 1.29 is 18.8 Å². The van der Waals surface area contributed by atoms with Crippen LogP contribution in [0.15, 0.2) is 35.7 Å². The molecule has 1 amide bonds. The number of halogens is 1. The Hall–Kier alpha value is -3.80. The van der Waals surface area contributed by atoms with E-state index in [0.717, 1.165) is 25.3 Å². The molecule has 2 fully saturated rings. The van der Waals surface area contributed by atoms with Crippen LogP contribution in [0.2, 0.25) is 0 Å². The van der Waals surface area contributed by atoms with Gasteiger partial charge in [0.15, 0.2) is 5.96 Å². The lowest BCUT2D eigenvalue weighted by molar-refractivity contribution is 0.0846. The molecule has 3 heterocycles. The summed E-state index contributed by atoms with van der Waals surface area (Å²) >= 11 is 0. The van der Waals surface area contributed by atoms with Gasteiger partial charge in [0.05, 0.1) is 18.8 Å². The van der Waals surface area contributed by atoms with Crippen LogP contribution in [0.1, 0.15) is 12.0 Å². The number of alkyl carbamates (subject to hydrolysis) is 1. The third-order valence-corrected chi connectivity index (χ3v) is 5.29. The van der Waals surface area contributed by atoms with Crippen molar-refractivity contribution in [2.45, 2.75) is 13.0 Å². The van der Waals surface area contributed by atoms with E-state index >= 15 is 0 Å². The van der Waals surface area contributed by atoms with Gasteiger partial charge in [-0.3, -0.25) is 15.6 Å². The van der Waals surface area contributed by atoms with Crippen molar-refractivity contribution in [3.8, 4) is 11.1 Å². The van der Waals surface area contributed by atoms with Gasteiger partial charge >= 0.3 is 6.09 Å². The molecule has 4 N–H and O–H groups in total. The van der Waals surface area contributed by atoms with Gasteiger partial charge < -0.3 is 20.2 Å². The number of nitrogens with two attached hydrogens (primary N) is 1. The maximum Gasteiger partial charge on any atom is 0.414 e. The van der Waals surface area contributed by atoms with Gasteiger partial charge in [0.25, 0.3) is 0 Å². The number of carbonyl (C=O) groups is 1. The molecule has 33 heavy (non-hydrogen) atoms. The highest BCUT2D eigenvalue weighted by molar-refractivity contribution is 5.98. The predicted octanol–water partition coefficient (Wildman–Crippen LogP) is 1.30. The van der Waals surface area contributed by atoms with E-state index < -0.39 is 17.9 Å². The van der Waals surface area contributed by atoms with Crippen LogP contribution in [0.4, 0.5) is 15.1 Å². The van der Waals surface area contributed by atoms with Gasteiger partial charge in [-0.05, 0) is 19.5 Å². The van der Waals surface area contributed by atoms with Gasteiger partial charge in [0, 0.05) is 35.6 Å². The molecule has 1 aromatic heterocycles. The SMILES string of the molecule is N=C(N)NC(=O)OCc1cccc(-c2cnc(N3CC(=NOCCN4CCC4)C3)nc2)c1F. The smallest absolute Gasteiger partial charge is 0.414 e. The minimum absolute atomic E-state index is 0.174. The molecule has 174 valence electrons. The Morgan fingerprint density at radius 1 is 1.27 bits per heavy atom. The van der Waals surface area contributed by atoms with Gasteiger partial charge in [-0.25, -0.2) is 19.2 Å². The maximum atomic E-state index is 14.9. The summed E-state index contributed by atoms with van der Waals surface area (Å²) in [7, 11) is 0. The molecule has 1 aromatic carbocycles. The number of nitrogens with one attached hydrogen (secondary N) is 2. The fourth-order valence-electron chi connectivity index (χ4n) is 3.33. The number of benzene rings is 1. The topological polar surface area (TPSA) is 142 Å².